The lowest BCUT2D eigenvalue weighted by atomic mass is 10.0. The molecule has 38 nitrogen and oxygen atoms in total. The average Bonchev–Trinajstić information content (AvgIpc) is 1.62. The van der Waals surface area contributed by atoms with Crippen LogP contribution in [-0.4, -0.2) is 242 Å². The third-order valence-corrected chi connectivity index (χ3v) is 22.4. The Labute approximate surface area is 806 Å². The Morgan fingerprint density at radius 1 is 0.436 bits per heavy atom. The number of nitrogens with zero attached hydrogens (tertiary/aromatic N) is 17. The van der Waals surface area contributed by atoms with Crippen LogP contribution in [0.2, 0.25) is 0 Å². The summed E-state index contributed by atoms with van der Waals surface area (Å²) in [7, 11) is 9.64. The normalized spacial score (nSPS) is 12.3. The van der Waals surface area contributed by atoms with Gasteiger partial charge in [0.15, 0.2) is 11.6 Å². The molecule has 1 aliphatic rings. The van der Waals surface area contributed by atoms with E-state index in [4.69, 9.17) is 33.4 Å². The van der Waals surface area contributed by atoms with Crippen molar-refractivity contribution in [1.29, 1.82) is 0 Å². The second kappa shape index (κ2) is 46.6. The number of benzene rings is 5. The Bertz CT molecular complexity index is 6990. The molecule has 6 amide bonds. The highest BCUT2D eigenvalue weighted by atomic mass is 16.6. The molecule has 13 heterocycles. The van der Waals surface area contributed by atoms with E-state index in [-0.39, 0.29) is 42.9 Å². The molecular weight excluding hydrogens is 1780 g/mol. The van der Waals surface area contributed by atoms with E-state index in [1.54, 1.807) is 99.5 Å². The minimum Gasteiger partial charge on any atom is -0.497 e. The topological polar surface area (TPSA) is 458 Å². The summed E-state index contributed by atoms with van der Waals surface area (Å²) in [5.41, 5.74) is 20.0. The first kappa shape index (κ1) is 97.7. The number of anilines is 4. The lowest BCUT2D eigenvalue weighted by molar-refractivity contribution is 0.0190. The molecule has 0 saturated carbocycles. The minimum atomic E-state index is -0.571. The number of ether oxygens (including phenoxy) is 6. The Morgan fingerprint density at radius 2 is 0.871 bits per heavy atom. The van der Waals surface area contributed by atoms with Gasteiger partial charge in [-0.2, -0.15) is 0 Å². The maximum absolute atomic E-state index is 13.4. The largest absolute Gasteiger partial charge is 0.497 e. The van der Waals surface area contributed by atoms with Crippen LogP contribution >= 0.6 is 0 Å². The Balaban J connectivity index is 0.000000141. The number of urea groups is 2. The van der Waals surface area contributed by atoms with Crippen LogP contribution in [0.4, 0.5) is 43.0 Å². The van der Waals surface area contributed by atoms with Gasteiger partial charge >= 0.3 is 24.2 Å². The van der Waals surface area contributed by atoms with E-state index in [2.05, 4.69) is 145 Å². The Hall–Kier alpha value is -16.8. The number of rotatable bonds is 29. The van der Waals surface area contributed by atoms with Gasteiger partial charge in [0.1, 0.15) is 41.5 Å². The number of aromatic nitrogens is 18. The van der Waals surface area contributed by atoms with Crippen molar-refractivity contribution in [3.8, 4) is 107 Å². The summed E-state index contributed by atoms with van der Waals surface area (Å²) in [5.74, 6) is 4.47. The number of aryl methyl sites for hydroxylation is 1. The molecular formula is C102H109N27O11. The second-order valence-corrected chi connectivity index (χ2v) is 32.7. The molecule has 1 aliphatic heterocycles. The molecule has 0 bridgehead atoms. The van der Waals surface area contributed by atoms with Crippen molar-refractivity contribution < 1.29 is 47.6 Å². The summed E-state index contributed by atoms with van der Waals surface area (Å²) in [4.78, 5) is 139. The van der Waals surface area contributed by atoms with Crippen molar-refractivity contribution in [2.24, 2.45) is 0 Å². The van der Waals surface area contributed by atoms with Gasteiger partial charge < -0.3 is 73.4 Å². The van der Waals surface area contributed by atoms with Crippen LogP contribution in [0, 0.1) is 6.92 Å². The molecule has 2 atom stereocenters. The highest BCUT2D eigenvalue weighted by Gasteiger charge is 2.25. The van der Waals surface area contributed by atoms with Crippen LogP contribution in [-0.2, 0) is 14.2 Å². The second-order valence-electron chi connectivity index (χ2n) is 32.7. The minimum absolute atomic E-state index is 0.124. The molecule has 0 spiro atoms. The highest BCUT2D eigenvalue weighted by molar-refractivity contribution is 6.02. The first-order valence-corrected chi connectivity index (χ1v) is 45.7. The number of hydrogen-bond donors (Lipinski definition) is 10. The maximum Gasteiger partial charge on any atom is 0.413 e. The third kappa shape index (κ3) is 24.9. The van der Waals surface area contributed by atoms with Crippen molar-refractivity contribution in [2.45, 2.75) is 60.5 Å². The van der Waals surface area contributed by atoms with Gasteiger partial charge in [-0.05, 0) is 219 Å². The number of carbonyl (C=O) groups is 4. The predicted molar refractivity (Wildman–Crippen MR) is 539 cm³/mol. The zero-order valence-corrected chi connectivity index (χ0v) is 79.6. The number of aromatic amines is 4. The molecule has 1 unspecified atom stereocenters. The van der Waals surface area contributed by atoms with E-state index in [1.807, 2.05) is 196 Å². The number of methoxy groups -OCH3 is 1. The molecule has 17 aromatic rings. The van der Waals surface area contributed by atoms with Gasteiger partial charge in [0, 0.05) is 176 Å². The molecule has 718 valence electrons. The lowest BCUT2D eigenvalue weighted by Crippen LogP contribution is -2.38. The van der Waals surface area contributed by atoms with Gasteiger partial charge in [-0.15, -0.1) is 0 Å². The predicted octanol–water partition coefficient (Wildman–Crippen LogP) is 16.9. The number of morpholine rings is 1. The summed E-state index contributed by atoms with van der Waals surface area (Å²) in [6.45, 7) is 20.9. The molecule has 18 rings (SSSR count). The molecule has 38 heteroatoms. The standard InChI is InChI=1S/C29H29N7O3.C25H27N7O3.C24H27N7O2.C24H26N6O3/c1-5-30-29(38)35-28-33-24-15-21(14-23(26(24)34-28)27-31-10-7-11-32-27)20-12-17(2)36(25(37)16-20)18(3)19-8-6-9-22(13-19)39-4;1-3-35-25(33)31-24-29-21-14-18(13-19(22(21)30-24)23-26-7-4-8-27-23)17-5-6-20(28-15-17)16(2)32-9-11-34-12-10-32;1-4-26-24(32)30-23-28-21-13-17(16-6-5-8-25-15-16)12-19(22(21)29-23)20-14-18(7-9-27-20)33-11-10-31(2)3;1-4-32-24(31)29-23-27-21-13-17(16-6-5-8-25-15-16)12-19(22(21)28-23)20-14-18(7-9-26-20)33-11-10-30(2)3/h6-16,18H,5H2,1-4H3,(H3,30,33,34,35,38);4-8,13-16H,3,9-12H2,1-2H3,(H2,29,30,31,33);5-9,12-15H,4,10-11H2,1-3H3,(H3,26,28,29,30,32);5-9,12-15H,4,10-11H2,1-3H3,(H2,27,28,29,31)/t18-;;;/m0.../s1. The maximum atomic E-state index is 13.4. The van der Waals surface area contributed by atoms with E-state index >= 15 is 0 Å². The van der Waals surface area contributed by atoms with Gasteiger partial charge in [0.05, 0.1) is 89.8 Å². The number of likely N-dealkylation sites (N-methyl/N-ethyl adjacent to an activating group) is 2. The monoisotopic (exact) mass is 1890 g/mol. The van der Waals surface area contributed by atoms with Crippen molar-refractivity contribution in [3.63, 3.8) is 0 Å². The van der Waals surface area contributed by atoms with E-state index in [9.17, 15) is 24.0 Å². The molecule has 0 radical (unpaired) electrons. The van der Waals surface area contributed by atoms with Gasteiger partial charge in [-0.1, -0.05) is 30.3 Å². The Kier molecular flexibility index (Phi) is 32.5. The van der Waals surface area contributed by atoms with Crippen LogP contribution in [0.3, 0.4) is 0 Å². The molecule has 12 aromatic heterocycles. The van der Waals surface area contributed by atoms with Gasteiger partial charge in [-0.25, -0.2) is 59.0 Å². The molecule has 1 fully saturated rings. The highest BCUT2D eigenvalue weighted by Crippen LogP contribution is 2.40. The number of hydrogen-bond acceptors (Lipinski definition) is 27. The fourth-order valence-electron chi connectivity index (χ4n) is 15.6. The van der Waals surface area contributed by atoms with Crippen molar-refractivity contribution in [1.82, 2.24) is 115 Å². The third-order valence-electron chi connectivity index (χ3n) is 22.4. The van der Waals surface area contributed by atoms with Gasteiger partial charge in [-0.3, -0.25) is 55.9 Å². The number of fused-ring (bicyclic) bond motifs is 4. The number of imidazole rings is 4. The molecule has 0 aliphatic carbocycles. The first-order chi connectivity index (χ1) is 68.0. The fraction of sp³-hybridized carbons (Fsp3) is 0.255. The summed E-state index contributed by atoms with van der Waals surface area (Å²) < 4.78 is 34.3. The fourth-order valence-corrected chi connectivity index (χ4v) is 15.6. The van der Waals surface area contributed by atoms with Gasteiger partial charge in [0.2, 0.25) is 23.8 Å². The zero-order valence-electron chi connectivity index (χ0n) is 79.6. The zero-order chi connectivity index (χ0) is 98.1. The number of H-pyrrole nitrogens is 4. The molecule has 5 aromatic carbocycles. The number of carbonyl (C=O) groups excluding carboxylic acids is 4. The quantitative estimate of drug-likeness (QED) is 0.0208. The molecule has 140 heavy (non-hydrogen) atoms. The summed E-state index contributed by atoms with van der Waals surface area (Å²) in [5, 5.41) is 16.1. The van der Waals surface area contributed by atoms with E-state index in [0.29, 0.717) is 101 Å². The van der Waals surface area contributed by atoms with E-state index in [0.717, 1.165) is 157 Å². The average molecular weight is 1890 g/mol. The van der Waals surface area contributed by atoms with Crippen LogP contribution in [0.25, 0.3) is 134 Å². The van der Waals surface area contributed by atoms with Crippen molar-refractivity contribution in [2.75, 3.05) is 135 Å². The van der Waals surface area contributed by atoms with E-state index < -0.39 is 12.2 Å². The Morgan fingerprint density at radius 3 is 1.29 bits per heavy atom. The summed E-state index contributed by atoms with van der Waals surface area (Å²) in [6, 6.07) is 49.4. The van der Waals surface area contributed by atoms with Crippen molar-refractivity contribution in [3.05, 3.63) is 253 Å². The molecule has 10 N–H and O–H groups in total. The summed E-state index contributed by atoms with van der Waals surface area (Å²) in [6.07, 6.45) is 18.0. The van der Waals surface area contributed by atoms with Crippen LogP contribution in [0.5, 0.6) is 17.2 Å². The number of amides is 6. The first-order valence-electron chi connectivity index (χ1n) is 45.7. The van der Waals surface area contributed by atoms with Crippen LogP contribution < -0.4 is 51.7 Å². The summed E-state index contributed by atoms with van der Waals surface area (Å²) >= 11 is 0. The van der Waals surface area contributed by atoms with Crippen molar-refractivity contribution >= 4 is 92.2 Å². The lowest BCUT2D eigenvalue weighted by Gasteiger charge is -2.31. The smallest absolute Gasteiger partial charge is 0.413 e. The van der Waals surface area contributed by atoms with Crippen LogP contribution in [0.1, 0.15) is 70.6 Å². The number of pyridine rings is 6. The molecule has 1 saturated heterocycles. The van der Waals surface area contributed by atoms with Crippen LogP contribution in [0.15, 0.2) is 231 Å². The number of nitrogens with one attached hydrogen (secondary N) is 10. The van der Waals surface area contributed by atoms with Gasteiger partial charge in [0.25, 0.3) is 5.56 Å². The SMILES string of the molecule is CCNC(=O)Nc1nc2c(-c3cc(OCCN(C)C)ccn3)cc(-c3cccnc3)cc2[nH]1.CCNC(=O)Nc1nc2c(-c3ncccn3)cc(-c3cc(C)n([C@@H](C)c4cccc(OC)c4)c(=O)c3)cc2[nH]1.CCOC(=O)Nc1nc2c(-c3cc(OCCN(C)C)ccn3)cc(-c3cccnc3)cc2[nH]1.CCOC(=O)Nc1nc2c(-c3ncccn3)cc(-c3ccc(C(C)N4CCOCC4)nc3)cc2[nH]1. The van der Waals surface area contributed by atoms with E-state index in [1.165, 1.54) is 0 Å².